The maximum Gasteiger partial charge on any atom is 0.303 e. The Balaban J connectivity index is 0.000000199. The van der Waals surface area contributed by atoms with Crippen molar-refractivity contribution in [3.8, 4) is 5.75 Å². The van der Waals surface area contributed by atoms with E-state index in [1.165, 1.54) is 34.8 Å². The van der Waals surface area contributed by atoms with E-state index in [-0.39, 0.29) is 29.5 Å². The highest BCUT2D eigenvalue weighted by molar-refractivity contribution is 6.18. The van der Waals surface area contributed by atoms with Gasteiger partial charge in [0.2, 0.25) is 5.78 Å². The summed E-state index contributed by atoms with van der Waals surface area (Å²) in [5.41, 5.74) is 4.33. The van der Waals surface area contributed by atoms with E-state index in [0.29, 0.717) is 31.7 Å². The molecule has 59 heavy (non-hydrogen) atoms. The van der Waals surface area contributed by atoms with Crippen LogP contribution >= 0.6 is 11.6 Å². The van der Waals surface area contributed by atoms with Gasteiger partial charge < -0.3 is 24.6 Å². The van der Waals surface area contributed by atoms with Crippen molar-refractivity contribution in [2.45, 2.75) is 71.5 Å². The van der Waals surface area contributed by atoms with Gasteiger partial charge in [-0.05, 0) is 116 Å². The summed E-state index contributed by atoms with van der Waals surface area (Å²) in [6.07, 6.45) is 7.51. The highest BCUT2D eigenvalue weighted by Gasteiger charge is 2.68. The van der Waals surface area contributed by atoms with Crippen molar-refractivity contribution in [3.63, 3.8) is 0 Å². The second-order valence-corrected chi connectivity index (χ2v) is 17.9. The van der Waals surface area contributed by atoms with Crippen LogP contribution < -0.4 is 4.74 Å². The lowest BCUT2D eigenvalue weighted by molar-refractivity contribution is -0.182. The van der Waals surface area contributed by atoms with Gasteiger partial charge in [0.05, 0.1) is 6.10 Å². The normalized spacial score (nSPS) is 29.8. The summed E-state index contributed by atoms with van der Waals surface area (Å²) in [6, 6.07) is 29.4. The predicted octanol–water partition coefficient (Wildman–Crippen LogP) is 8.59. The summed E-state index contributed by atoms with van der Waals surface area (Å²) in [6.45, 7) is 8.51. The molecule has 314 valence electrons. The van der Waals surface area contributed by atoms with Crippen LogP contribution in [0, 0.1) is 34.5 Å². The number of allylic oxidation sites excluding steroid dienone is 5. The average molecular weight is 822 g/mol. The Morgan fingerprint density at radius 1 is 0.932 bits per heavy atom. The second-order valence-electron chi connectivity index (χ2n) is 17.5. The molecule has 0 aliphatic heterocycles. The molecule has 8 atom stereocenters. The number of carbonyl (C=O) groups excluding carboxylic acids is 3. The van der Waals surface area contributed by atoms with E-state index < -0.39 is 40.9 Å². The molecule has 4 aliphatic carbocycles. The summed E-state index contributed by atoms with van der Waals surface area (Å²) in [7, 11) is 4.09. The van der Waals surface area contributed by atoms with Gasteiger partial charge in [-0.15, -0.1) is 11.6 Å². The molecular weight excluding hydrogens is 762 g/mol. The Kier molecular flexibility index (Phi) is 13.9. The number of fused-ring (bicyclic) bond motifs is 5. The fourth-order valence-electron chi connectivity index (χ4n) is 10.8. The van der Waals surface area contributed by atoms with Crippen LogP contribution in [-0.4, -0.2) is 84.1 Å². The maximum atomic E-state index is 12.9. The first-order valence-electron chi connectivity index (χ1n) is 20.9. The third-order valence-electron chi connectivity index (χ3n) is 13.6. The molecule has 3 fully saturated rings. The van der Waals surface area contributed by atoms with E-state index in [4.69, 9.17) is 21.1 Å². The Morgan fingerprint density at radius 3 is 2.17 bits per heavy atom. The number of alkyl halides is 1. The molecule has 2 N–H and O–H groups in total. The number of hydrogen-bond donors (Lipinski definition) is 2. The predicted molar refractivity (Wildman–Crippen MR) is 234 cm³/mol. The Hall–Kier alpha value is -4.34. The van der Waals surface area contributed by atoms with Gasteiger partial charge in [0.15, 0.2) is 12.4 Å². The Labute approximate surface area is 355 Å². The van der Waals surface area contributed by atoms with Gasteiger partial charge >= 0.3 is 5.97 Å². The van der Waals surface area contributed by atoms with Crippen LogP contribution in [0.4, 0.5) is 0 Å². The van der Waals surface area contributed by atoms with E-state index in [2.05, 4.69) is 91.5 Å². The van der Waals surface area contributed by atoms with Gasteiger partial charge in [-0.3, -0.25) is 14.4 Å². The van der Waals surface area contributed by atoms with Crippen LogP contribution in [0.25, 0.3) is 11.1 Å². The molecule has 0 heterocycles. The summed E-state index contributed by atoms with van der Waals surface area (Å²) >= 11 is 6.21. The van der Waals surface area contributed by atoms with Gasteiger partial charge in [-0.25, -0.2) is 0 Å². The number of aliphatic hydroxyl groups excluding tert-OH is 1. The first-order chi connectivity index (χ1) is 28.1. The number of ether oxygens (including phenoxy) is 2. The molecule has 3 aromatic carbocycles. The molecule has 9 heteroatoms. The number of hydrogen-bond acceptors (Lipinski definition) is 8. The zero-order valence-electron chi connectivity index (χ0n) is 35.3. The molecule has 0 aromatic heterocycles. The van der Waals surface area contributed by atoms with Crippen LogP contribution in [0.2, 0.25) is 0 Å². The van der Waals surface area contributed by atoms with Crippen molar-refractivity contribution in [2.24, 2.45) is 34.5 Å². The van der Waals surface area contributed by atoms with Gasteiger partial charge in [0, 0.05) is 36.1 Å². The molecule has 3 saturated carbocycles. The van der Waals surface area contributed by atoms with E-state index in [0.717, 1.165) is 30.7 Å². The third kappa shape index (κ3) is 9.07. The smallest absolute Gasteiger partial charge is 0.303 e. The lowest BCUT2D eigenvalue weighted by Gasteiger charge is -2.60. The quantitative estimate of drug-likeness (QED) is 0.106. The Bertz CT molecular complexity index is 2060. The highest BCUT2D eigenvalue weighted by atomic mass is 35.5. The van der Waals surface area contributed by atoms with Crippen LogP contribution in [0.1, 0.15) is 76.5 Å². The van der Waals surface area contributed by atoms with Gasteiger partial charge in [0.1, 0.15) is 18.0 Å². The summed E-state index contributed by atoms with van der Waals surface area (Å²) in [4.78, 5) is 38.2. The molecule has 0 spiro atoms. The molecule has 4 aliphatic rings. The lowest BCUT2D eigenvalue weighted by Crippen LogP contribution is -2.62. The number of aliphatic hydroxyl groups is 2. The number of rotatable bonds is 12. The number of ketones is 2. The van der Waals surface area contributed by atoms with Crippen LogP contribution in [0.15, 0.2) is 109 Å². The first kappa shape index (κ1) is 44.2. The number of carbonyl (C=O) groups is 3. The summed E-state index contributed by atoms with van der Waals surface area (Å²) in [5.74, 6) is 0.754. The minimum atomic E-state index is -1.61. The van der Waals surface area contributed by atoms with Crippen molar-refractivity contribution in [1.29, 1.82) is 0 Å². The van der Waals surface area contributed by atoms with E-state index in [1.54, 1.807) is 12.2 Å². The zero-order valence-corrected chi connectivity index (χ0v) is 36.1. The number of halogens is 1. The van der Waals surface area contributed by atoms with Crippen molar-refractivity contribution in [3.05, 3.63) is 125 Å². The van der Waals surface area contributed by atoms with E-state index in [9.17, 15) is 24.6 Å². The van der Waals surface area contributed by atoms with E-state index in [1.807, 2.05) is 39.2 Å². The first-order valence-corrected chi connectivity index (χ1v) is 21.5. The van der Waals surface area contributed by atoms with Crippen molar-refractivity contribution >= 4 is 40.3 Å². The monoisotopic (exact) mass is 821 g/mol. The van der Waals surface area contributed by atoms with Crippen molar-refractivity contribution < 1.29 is 34.1 Å². The van der Waals surface area contributed by atoms with Crippen molar-refractivity contribution in [2.75, 3.05) is 39.7 Å². The minimum absolute atomic E-state index is 0.00535. The highest BCUT2D eigenvalue weighted by Crippen LogP contribution is 2.67. The molecule has 0 bridgehead atoms. The fourth-order valence-corrected chi connectivity index (χ4v) is 11.0. The van der Waals surface area contributed by atoms with Gasteiger partial charge in [0.25, 0.3) is 0 Å². The van der Waals surface area contributed by atoms with Gasteiger partial charge in [-0.1, -0.05) is 105 Å². The molecule has 0 amide bonds. The number of benzene rings is 3. The topological polar surface area (TPSA) is 113 Å². The minimum Gasteiger partial charge on any atom is -0.492 e. The maximum absolute atomic E-state index is 12.9. The average Bonchev–Trinajstić information content (AvgIpc) is 3.49. The van der Waals surface area contributed by atoms with Gasteiger partial charge in [-0.2, -0.15) is 0 Å². The molecule has 0 unspecified atom stereocenters. The largest absolute Gasteiger partial charge is 0.492 e. The zero-order chi connectivity index (χ0) is 42.5. The lowest BCUT2D eigenvalue weighted by atomic mass is 9.45. The molecule has 8 nitrogen and oxygen atoms in total. The van der Waals surface area contributed by atoms with Crippen LogP contribution in [0.3, 0.4) is 0 Å². The molecule has 0 radical (unpaired) electrons. The number of nitrogens with zero attached hydrogens (tertiary/aromatic N) is 1. The standard InChI is InChI=1S/C26H28ClNO.C24H32O6/c1-28(2)19-20-29-24-15-13-23(14-16-24)26(22-11-7-4-8-12-22)25(17-18-27)21-9-5-3-6-10-21;1-13-9-16-17-6-8-24(29,20(28)12-30-14(2)25)23(17,4)11-19(27)21(16)22(3)7-5-15(26)10-18(13)22/h3-16H,17-20H2,1-2H3;5,7,10,13,16-17,19,21,27,29H,6,8-9,11-12H2,1-4H3/b26-25-;/t;13-,16-,17-,19-,21+,22-,23-,24-/m.0/s1. The second kappa shape index (κ2) is 18.5. The number of Topliss-reactive ketones (excluding diaryl/α,β-unsaturated/α-hetero) is 1. The molecule has 0 saturated heterocycles. The SMILES string of the molecule is CC(=O)OCC(=O)[C@@]1(O)CC[C@H]2[C@@H]3C[C@H](C)C4=CC(=O)C=C[C@]4(C)[C@H]3[C@@H](O)C[C@@]21C.CN(C)CCOc1ccc(/C(=C(/CCCl)c2ccccc2)c2ccccc2)cc1. The number of esters is 1. The third-order valence-corrected chi connectivity index (χ3v) is 13.8. The summed E-state index contributed by atoms with van der Waals surface area (Å²) < 4.78 is 10.8. The fraction of sp³-hybridized carbons (Fsp3) is 0.460. The Morgan fingerprint density at radius 2 is 1.56 bits per heavy atom. The molecule has 3 aromatic rings. The summed E-state index contributed by atoms with van der Waals surface area (Å²) in [5, 5.41) is 22.9. The van der Waals surface area contributed by atoms with Crippen LogP contribution in [-0.2, 0) is 19.1 Å². The van der Waals surface area contributed by atoms with Crippen molar-refractivity contribution in [1.82, 2.24) is 4.90 Å². The van der Waals surface area contributed by atoms with E-state index >= 15 is 0 Å². The number of likely N-dealkylation sites (N-methyl/N-ethyl adjacent to an activating group) is 1. The molecular formula is C50H60ClNO7. The van der Waals surface area contributed by atoms with Crippen LogP contribution in [0.5, 0.6) is 5.75 Å². The molecule has 7 rings (SSSR count).